The number of nitrogens with two attached hydrogens (primary N) is 1. The quantitative estimate of drug-likeness (QED) is 0.666. The number of hydrogen-bond donors (Lipinski definition) is 2. The van der Waals surface area contributed by atoms with Gasteiger partial charge in [0.1, 0.15) is 5.84 Å². The number of pyridine rings is 1. The van der Waals surface area contributed by atoms with Crippen LogP contribution in [0.25, 0.3) is 0 Å². The monoisotopic (exact) mass is 282 g/mol. The highest BCUT2D eigenvalue weighted by Gasteiger charge is 2.17. The molecule has 0 aliphatic carbocycles. The zero-order valence-electron chi connectivity index (χ0n) is 13.1. The molecule has 3 N–H and O–H groups in total. The molecule has 1 heterocycles. The van der Waals surface area contributed by atoms with Gasteiger partial charge in [-0.05, 0) is 51.5 Å². The van der Waals surface area contributed by atoms with Crippen molar-refractivity contribution in [2.24, 2.45) is 5.73 Å². The van der Waals surface area contributed by atoms with Crippen LogP contribution in [0.3, 0.4) is 0 Å². The summed E-state index contributed by atoms with van der Waals surface area (Å²) in [5.41, 5.74) is 11.5. The van der Waals surface area contributed by atoms with Crippen molar-refractivity contribution in [1.82, 2.24) is 4.98 Å². The van der Waals surface area contributed by atoms with Gasteiger partial charge in [0.05, 0.1) is 16.9 Å². The Bertz CT molecular complexity index is 676. The van der Waals surface area contributed by atoms with Crippen molar-refractivity contribution in [3.05, 3.63) is 52.8 Å². The average Bonchev–Trinajstić information content (AvgIpc) is 2.38. The van der Waals surface area contributed by atoms with Crippen LogP contribution < -0.4 is 10.6 Å². The molecule has 0 spiro atoms. The van der Waals surface area contributed by atoms with Crippen LogP contribution in [0.15, 0.2) is 30.3 Å². The molecular weight excluding hydrogens is 260 g/mol. The molecule has 0 radical (unpaired) electrons. The average molecular weight is 282 g/mol. The number of hydrogen-bond acceptors (Lipinski definition) is 3. The van der Waals surface area contributed by atoms with Gasteiger partial charge in [-0.25, -0.2) is 0 Å². The zero-order valence-corrected chi connectivity index (χ0v) is 13.1. The molecule has 2 aromatic rings. The molecule has 21 heavy (non-hydrogen) atoms. The van der Waals surface area contributed by atoms with Crippen molar-refractivity contribution in [1.29, 1.82) is 5.41 Å². The van der Waals surface area contributed by atoms with Crippen molar-refractivity contribution in [2.75, 3.05) is 11.4 Å². The van der Waals surface area contributed by atoms with Gasteiger partial charge in [-0.3, -0.25) is 10.4 Å². The van der Waals surface area contributed by atoms with Gasteiger partial charge in [0.2, 0.25) is 0 Å². The Morgan fingerprint density at radius 2 is 1.95 bits per heavy atom. The molecule has 0 saturated heterocycles. The molecule has 1 aromatic heterocycles. The highest BCUT2D eigenvalue weighted by molar-refractivity contribution is 6.02. The van der Waals surface area contributed by atoms with Gasteiger partial charge in [-0.15, -0.1) is 0 Å². The van der Waals surface area contributed by atoms with Crippen LogP contribution in [0.4, 0.5) is 11.4 Å². The van der Waals surface area contributed by atoms with E-state index in [1.165, 1.54) is 5.56 Å². The summed E-state index contributed by atoms with van der Waals surface area (Å²) in [6.07, 6.45) is 0. The van der Waals surface area contributed by atoms with Crippen LogP contribution in [0.5, 0.6) is 0 Å². The molecule has 0 aliphatic heterocycles. The SMILES string of the molecule is CCN(c1cccc(C)c1)c1cc(C)nc(C)c1C(=N)N. The highest BCUT2D eigenvalue weighted by Crippen LogP contribution is 2.30. The van der Waals surface area contributed by atoms with Gasteiger partial charge < -0.3 is 10.6 Å². The largest absolute Gasteiger partial charge is 0.384 e. The number of anilines is 2. The van der Waals surface area contributed by atoms with E-state index in [1.54, 1.807) is 0 Å². The first kappa shape index (κ1) is 15.0. The van der Waals surface area contributed by atoms with Crippen LogP contribution in [0.1, 0.15) is 29.4 Å². The summed E-state index contributed by atoms with van der Waals surface area (Å²) < 4.78 is 0. The molecule has 0 fully saturated rings. The van der Waals surface area contributed by atoms with Crippen molar-refractivity contribution in [2.45, 2.75) is 27.7 Å². The predicted molar refractivity (Wildman–Crippen MR) is 88.6 cm³/mol. The van der Waals surface area contributed by atoms with Gasteiger partial charge in [0.25, 0.3) is 0 Å². The van der Waals surface area contributed by atoms with E-state index in [2.05, 4.69) is 41.9 Å². The Balaban J connectivity index is 2.65. The van der Waals surface area contributed by atoms with E-state index in [4.69, 9.17) is 11.1 Å². The van der Waals surface area contributed by atoms with E-state index in [-0.39, 0.29) is 5.84 Å². The number of rotatable bonds is 4. The van der Waals surface area contributed by atoms with Crippen molar-refractivity contribution in [3.8, 4) is 0 Å². The lowest BCUT2D eigenvalue weighted by atomic mass is 10.1. The van der Waals surface area contributed by atoms with E-state index >= 15 is 0 Å². The number of nitrogens with zero attached hydrogens (tertiary/aromatic N) is 2. The van der Waals surface area contributed by atoms with Gasteiger partial charge >= 0.3 is 0 Å². The zero-order chi connectivity index (χ0) is 15.6. The third-order valence-electron chi connectivity index (χ3n) is 3.50. The van der Waals surface area contributed by atoms with Gasteiger partial charge in [-0.2, -0.15) is 0 Å². The fourth-order valence-electron chi connectivity index (χ4n) is 2.64. The molecule has 1 aromatic carbocycles. The first-order valence-electron chi connectivity index (χ1n) is 7.11. The normalized spacial score (nSPS) is 10.5. The summed E-state index contributed by atoms with van der Waals surface area (Å²) >= 11 is 0. The van der Waals surface area contributed by atoms with E-state index in [9.17, 15) is 0 Å². The highest BCUT2D eigenvalue weighted by atomic mass is 15.1. The van der Waals surface area contributed by atoms with Gasteiger partial charge in [0.15, 0.2) is 0 Å². The van der Waals surface area contributed by atoms with E-state index in [0.717, 1.165) is 29.3 Å². The maximum atomic E-state index is 7.87. The Labute approximate surface area is 126 Å². The number of nitrogens with one attached hydrogen (secondary N) is 1. The van der Waals surface area contributed by atoms with E-state index in [0.29, 0.717) is 5.56 Å². The maximum Gasteiger partial charge on any atom is 0.126 e. The summed E-state index contributed by atoms with van der Waals surface area (Å²) in [5, 5.41) is 7.87. The summed E-state index contributed by atoms with van der Waals surface area (Å²) in [6.45, 7) is 8.83. The Hall–Kier alpha value is -2.36. The smallest absolute Gasteiger partial charge is 0.126 e. The second-order valence-corrected chi connectivity index (χ2v) is 5.24. The predicted octanol–water partition coefficient (Wildman–Crippen LogP) is 3.45. The Kier molecular flexibility index (Phi) is 4.26. The van der Waals surface area contributed by atoms with E-state index in [1.807, 2.05) is 26.0 Å². The molecule has 0 bridgehead atoms. The standard InChI is InChI=1S/C17H22N4/c1-5-21(14-8-6-7-11(2)9-14)15-10-12(3)20-13(4)16(15)17(18)19/h6-10H,5H2,1-4H3,(H3,18,19). The number of benzene rings is 1. The maximum absolute atomic E-state index is 7.87. The van der Waals surface area contributed by atoms with E-state index < -0.39 is 0 Å². The number of aryl methyl sites for hydroxylation is 3. The minimum absolute atomic E-state index is 0.0566. The fraction of sp³-hybridized carbons (Fsp3) is 0.294. The molecule has 2 rings (SSSR count). The molecule has 0 saturated carbocycles. The van der Waals surface area contributed by atoms with Crippen LogP contribution >= 0.6 is 0 Å². The second-order valence-electron chi connectivity index (χ2n) is 5.24. The van der Waals surface area contributed by atoms with Crippen LogP contribution in [-0.2, 0) is 0 Å². The minimum Gasteiger partial charge on any atom is -0.384 e. The third-order valence-corrected chi connectivity index (χ3v) is 3.50. The molecule has 0 unspecified atom stereocenters. The van der Waals surface area contributed by atoms with Crippen LogP contribution in [-0.4, -0.2) is 17.4 Å². The van der Waals surface area contributed by atoms with Crippen molar-refractivity contribution in [3.63, 3.8) is 0 Å². The van der Waals surface area contributed by atoms with Crippen LogP contribution in [0, 0.1) is 26.2 Å². The number of nitrogen functional groups attached to an aromatic ring is 1. The molecule has 110 valence electrons. The lowest BCUT2D eigenvalue weighted by molar-refractivity contribution is 0.997. The Morgan fingerprint density at radius 1 is 1.24 bits per heavy atom. The number of aromatic nitrogens is 1. The number of amidine groups is 1. The third kappa shape index (κ3) is 3.05. The Morgan fingerprint density at radius 3 is 2.52 bits per heavy atom. The fourth-order valence-corrected chi connectivity index (χ4v) is 2.64. The van der Waals surface area contributed by atoms with Gasteiger partial charge in [-0.1, -0.05) is 12.1 Å². The molecule has 0 atom stereocenters. The second kappa shape index (κ2) is 5.95. The first-order chi connectivity index (χ1) is 9.93. The topological polar surface area (TPSA) is 66.0 Å². The van der Waals surface area contributed by atoms with Crippen LogP contribution in [0.2, 0.25) is 0 Å². The summed E-state index contributed by atoms with van der Waals surface area (Å²) in [4.78, 5) is 6.61. The first-order valence-corrected chi connectivity index (χ1v) is 7.11. The molecular formula is C17H22N4. The lowest BCUT2D eigenvalue weighted by Crippen LogP contribution is -2.23. The summed E-state index contributed by atoms with van der Waals surface area (Å²) in [6, 6.07) is 10.3. The van der Waals surface area contributed by atoms with Gasteiger partial charge in [0, 0.05) is 17.9 Å². The minimum atomic E-state index is 0.0566. The molecule has 4 heteroatoms. The van der Waals surface area contributed by atoms with Crippen molar-refractivity contribution < 1.29 is 0 Å². The summed E-state index contributed by atoms with van der Waals surface area (Å²) in [5.74, 6) is 0.0566. The van der Waals surface area contributed by atoms with Crippen molar-refractivity contribution >= 4 is 17.2 Å². The summed E-state index contributed by atoms with van der Waals surface area (Å²) in [7, 11) is 0. The molecule has 0 aliphatic rings. The molecule has 0 amide bonds. The molecule has 4 nitrogen and oxygen atoms in total. The lowest BCUT2D eigenvalue weighted by Gasteiger charge is -2.27.